The van der Waals surface area contributed by atoms with Crippen LogP contribution in [0.4, 0.5) is 9.18 Å². The third-order valence-electron chi connectivity index (χ3n) is 5.87. The lowest BCUT2D eigenvalue weighted by molar-refractivity contribution is 0.120. The number of hydrogen-bond acceptors (Lipinski definition) is 2. The fourth-order valence-corrected chi connectivity index (χ4v) is 4.28. The monoisotopic (exact) mass is 451 g/mol. The highest BCUT2D eigenvalue weighted by atomic mass is 35.5. The number of hydrogen-bond donors (Lipinski definition) is 1. The Kier molecular flexibility index (Phi) is 7.40. The van der Waals surface area contributed by atoms with Crippen molar-refractivity contribution in [3.8, 4) is 0 Å². The van der Waals surface area contributed by atoms with Crippen molar-refractivity contribution < 1.29 is 9.18 Å². The summed E-state index contributed by atoms with van der Waals surface area (Å²) in [4.78, 5) is 16.9. The second-order valence-electron chi connectivity index (χ2n) is 8.00. The molecule has 32 heavy (non-hydrogen) atoms. The molecule has 0 aliphatic carbocycles. The van der Waals surface area contributed by atoms with Crippen molar-refractivity contribution in [1.29, 1.82) is 0 Å². The first kappa shape index (κ1) is 22.3. The van der Waals surface area contributed by atoms with Gasteiger partial charge in [0.25, 0.3) is 0 Å². The average Bonchev–Trinajstić information content (AvgIpc) is 2.83. The summed E-state index contributed by atoms with van der Waals surface area (Å²) in [6.45, 7) is 3.43. The van der Waals surface area contributed by atoms with Gasteiger partial charge in [-0.2, -0.15) is 0 Å². The number of nitrogens with zero attached hydrogens (tertiary/aromatic N) is 2. The van der Waals surface area contributed by atoms with Gasteiger partial charge in [-0.3, -0.25) is 4.90 Å². The van der Waals surface area contributed by atoms with Gasteiger partial charge in [0.2, 0.25) is 0 Å². The van der Waals surface area contributed by atoms with Gasteiger partial charge in [-0.15, -0.1) is 0 Å². The van der Waals surface area contributed by atoms with E-state index in [-0.39, 0.29) is 17.9 Å². The Bertz CT molecular complexity index is 1000. The molecule has 6 heteroatoms. The summed E-state index contributed by atoms with van der Waals surface area (Å²) in [5, 5.41) is 3.71. The number of halogens is 2. The molecule has 1 saturated heterocycles. The van der Waals surface area contributed by atoms with Crippen LogP contribution >= 0.6 is 11.6 Å². The van der Waals surface area contributed by atoms with Crippen LogP contribution in [0.5, 0.6) is 0 Å². The molecule has 0 saturated carbocycles. The maximum Gasteiger partial charge on any atom is 0.317 e. The number of rotatable bonds is 6. The zero-order chi connectivity index (χ0) is 22.3. The van der Waals surface area contributed by atoms with E-state index in [2.05, 4.69) is 46.6 Å². The zero-order valence-corrected chi connectivity index (χ0v) is 18.6. The second kappa shape index (κ2) is 10.6. The minimum atomic E-state index is -0.247. The van der Waals surface area contributed by atoms with Gasteiger partial charge < -0.3 is 10.2 Å². The summed E-state index contributed by atoms with van der Waals surface area (Å²) < 4.78 is 13.0. The maximum atomic E-state index is 13.0. The molecule has 0 radical (unpaired) electrons. The van der Waals surface area contributed by atoms with Gasteiger partial charge in [0.15, 0.2) is 0 Å². The number of nitrogens with one attached hydrogen (secondary N) is 1. The second-order valence-corrected chi connectivity index (χ2v) is 8.43. The van der Waals surface area contributed by atoms with E-state index in [0.29, 0.717) is 26.1 Å². The molecular formula is C26H27ClFN3O. The van der Waals surface area contributed by atoms with E-state index in [1.54, 1.807) is 12.1 Å². The Balaban J connectivity index is 1.34. The van der Waals surface area contributed by atoms with Crippen LogP contribution in [-0.2, 0) is 6.42 Å². The van der Waals surface area contributed by atoms with Crippen LogP contribution in [0.15, 0.2) is 78.9 Å². The van der Waals surface area contributed by atoms with Crippen LogP contribution in [0.2, 0.25) is 5.02 Å². The third kappa shape index (κ3) is 5.67. The molecule has 4 nitrogen and oxygen atoms in total. The summed E-state index contributed by atoms with van der Waals surface area (Å²) in [5.41, 5.74) is 3.43. The molecule has 1 atom stereocenters. The molecule has 2 amide bonds. The smallest absolute Gasteiger partial charge is 0.317 e. The van der Waals surface area contributed by atoms with E-state index < -0.39 is 0 Å². The van der Waals surface area contributed by atoms with Crippen LogP contribution in [-0.4, -0.2) is 48.6 Å². The Hall–Kier alpha value is -2.89. The Morgan fingerprint density at radius 1 is 0.875 bits per heavy atom. The van der Waals surface area contributed by atoms with Crippen LogP contribution in [0.3, 0.4) is 0 Å². The molecule has 1 aliphatic heterocycles. The van der Waals surface area contributed by atoms with Crippen molar-refractivity contribution in [3.63, 3.8) is 0 Å². The standard InChI is InChI=1S/C26H27ClFN3O/c27-23-10-8-22(9-11-23)25(21-4-2-1-3-5-21)30-16-18-31(19-17-30)26(32)29-15-14-20-6-12-24(28)13-7-20/h1-13,25H,14-19H2,(H,29,32)/t25-/m1/s1. The summed E-state index contributed by atoms with van der Waals surface area (Å²) in [6.07, 6.45) is 0.679. The molecule has 1 fully saturated rings. The lowest BCUT2D eigenvalue weighted by Crippen LogP contribution is -2.52. The van der Waals surface area contributed by atoms with E-state index in [4.69, 9.17) is 11.6 Å². The number of piperazine rings is 1. The number of amides is 2. The van der Waals surface area contributed by atoms with Crippen LogP contribution in [0.25, 0.3) is 0 Å². The fraction of sp³-hybridized carbons (Fsp3) is 0.269. The maximum absolute atomic E-state index is 13.0. The van der Waals surface area contributed by atoms with Gasteiger partial charge in [0.05, 0.1) is 6.04 Å². The number of carbonyl (C=O) groups is 1. The van der Waals surface area contributed by atoms with Crippen LogP contribution in [0, 0.1) is 5.82 Å². The molecule has 1 aliphatic rings. The van der Waals surface area contributed by atoms with Crippen molar-refractivity contribution in [1.82, 2.24) is 15.1 Å². The first-order chi connectivity index (χ1) is 15.6. The van der Waals surface area contributed by atoms with Crippen molar-refractivity contribution in [2.45, 2.75) is 12.5 Å². The Labute approximate surface area is 193 Å². The SMILES string of the molecule is O=C(NCCc1ccc(F)cc1)N1CCN([C@H](c2ccccc2)c2ccc(Cl)cc2)CC1. The molecular weight excluding hydrogens is 425 g/mol. The molecule has 1 N–H and O–H groups in total. The van der Waals surface area contributed by atoms with E-state index in [1.165, 1.54) is 23.3 Å². The minimum Gasteiger partial charge on any atom is -0.338 e. The molecule has 3 aromatic rings. The molecule has 1 heterocycles. The van der Waals surface area contributed by atoms with Crippen molar-refractivity contribution in [2.24, 2.45) is 0 Å². The van der Waals surface area contributed by atoms with E-state index >= 15 is 0 Å². The molecule has 0 bridgehead atoms. The molecule has 0 unspecified atom stereocenters. The molecule has 4 rings (SSSR count). The minimum absolute atomic E-state index is 0.0467. The highest BCUT2D eigenvalue weighted by Crippen LogP contribution is 2.30. The van der Waals surface area contributed by atoms with E-state index in [1.807, 2.05) is 23.1 Å². The van der Waals surface area contributed by atoms with Gasteiger partial charge in [-0.1, -0.05) is 66.2 Å². The number of benzene rings is 3. The quantitative estimate of drug-likeness (QED) is 0.563. The lowest BCUT2D eigenvalue weighted by atomic mass is 9.96. The van der Waals surface area contributed by atoms with Crippen molar-refractivity contribution >= 4 is 17.6 Å². The van der Waals surface area contributed by atoms with Crippen LogP contribution < -0.4 is 5.32 Å². The Morgan fingerprint density at radius 2 is 1.50 bits per heavy atom. The van der Waals surface area contributed by atoms with Crippen molar-refractivity contribution in [3.05, 3.63) is 106 Å². The largest absolute Gasteiger partial charge is 0.338 e. The zero-order valence-electron chi connectivity index (χ0n) is 17.9. The average molecular weight is 452 g/mol. The first-order valence-electron chi connectivity index (χ1n) is 10.9. The summed E-state index contributed by atoms with van der Waals surface area (Å²) in [6, 6.07) is 24.9. The summed E-state index contributed by atoms with van der Waals surface area (Å²) in [7, 11) is 0. The Morgan fingerprint density at radius 3 is 2.16 bits per heavy atom. The van der Waals surface area contributed by atoms with Gasteiger partial charge in [0, 0.05) is 37.7 Å². The molecule has 3 aromatic carbocycles. The highest BCUT2D eigenvalue weighted by Gasteiger charge is 2.28. The van der Waals surface area contributed by atoms with Gasteiger partial charge in [0.1, 0.15) is 5.82 Å². The highest BCUT2D eigenvalue weighted by molar-refractivity contribution is 6.30. The number of carbonyl (C=O) groups excluding carboxylic acids is 1. The van der Waals surface area contributed by atoms with Gasteiger partial charge >= 0.3 is 6.03 Å². The van der Waals surface area contributed by atoms with E-state index in [9.17, 15) is 9.18 Å². The lowest BCUT2D eigenvalue weighted by Gasteiger charge is -2.39. The molecule has 0 aromatic heterocycles. The fourth-order valence-electron chi connectivity index (χ4n) is 4.15. The summed E-state index contributed by atoms with van der Waals surface area (Å²) in [5.74, 6) is -0.247. The molecule has 166 valence electrons. The van der Waals surface area contributed by atoms with Crippen LogP contribution in [0.1, 0.15) is 22.7 Å². The topological polar surface area (TPSA) is 35.6 Å². The molecule has 0 spiro atoms. The van der Waals surface area contributed by atoms with Crippen molar-refractivity contribution in [2.75, 3.05) is 32.7 Å². The summed E-state index contributed by atoms with van der Waals surface area (Å²) >= 11 is 6.11. The third-order valence-corrected chi connectivity index (χ3v) is 6.12. The number of urea groups is 1. The van der Waals surface area contributed by atoms with Gasteiger partial charge in [-0.25, -0.2) is 9.18 Å². The first-order valence-corrected chi connectivity index (χ1v) is 11.3. The predicted molar refractivity (Wildman–Crippen MR) is 126 cm³/mol. The van der Waals surface area contributed by atoms with Gasteiger partial charge in [-0.05, 0) is 47.4 Å². The van der Waals surface area contributed by atoms with E-state index in [0.717, 1.165) is 23.7 Å². The normalized spacial score (nSPS) is 15.4. The predicted octanol–water partition coefficient (Wildman–Crippen LogP) is 5.14.